The fourth-order valence-corrected chi connectivity index (χ4v) is 4.27. The molecule has 1 saturated heterocycles. The quantitative estimate of drug-likeness (QED) is 0.865. The molecule has 132 valence electrons. The second kappa shape index (κ2) is 8.52. The summed E-state index contributed by atoms with van der Waals surface area (Å²) in [6.45, 7) is 3.78. The van der Waals surface area contributed by atoms with Crippen LogP contribution < -0.4 is 10.6 Å². The largest absolute Gasteiger partial charge is 0.336 e. The van der Waals surface area contributed by atoms with Gasteiger partial charge in [0.15, 0.2) is 0 Å². The summed E-state index contributed by atoms with van der Waals surface area (Å²) in [4.78, 5) is 14.9. The van der Waals surface area contributed by atoms with E-state index < -0.39 is 0 Å². The first kappa shape index (κ1) is 17.3. The minimum atomic E-state index is -0.0409. The van der Waals surface area contributed by atoms with Crippen LogP contribution in [-0.2, 0) is 6.54 Å². The van der Waals surface area contributed by atoms with Crippen molar-refractivity contribution in [3.63, 3.8) is 0 Å². The summed E-state index contributed by atoms with van der Waals surface area (Å²) in [5.41, 5.74) is 1.33. The van der Waals surface area contributed by atoms with Crippen molar-refractivity contribution < 1.29 is 4.79 Å². The molecule has 0 atom stereocenters. The van der Waals surface area contributed by atoms with Crippen LogP contribution in [0, 0.1) is 0 Å². The molecule has 1 saturated carbocycles. The molecule has 2 N–H and O–H groups in total. The van der Waals surface area contributed by atoms with E-state index in [0.29, 0.717) is 6.54 Å². The SMILES string of the molecule is O=C(NCc1ccccc1)NCC1(N2CCCCC2)CCCCC1. The number of nitrogens with zero attached hydrogens (tertiary/aromatic N) is 1. The second-order valence-corrected chi connectivity index (χ2v) is 7.35. The number of carbonyl (C=O) groups excluding carboxylic acids is 1. The standard InChI is InChI=1S/C20H31N3O/c24-19(21-16-18-10-4-1-5-11-18)22-17-20(12-6-2-7-13-20)23-14-8-3-9-15-23/h1,4-5,10-11H,2-3,6-9,12-17H2,(H2,21,22,24). The van der Waals surface area contributed by atoms with Crippen molar-refractivity contribution in [1.29, 1.82) is 0 Å². The van der Waals surface area contributed by atoms with Crippen LogP contribution in [0.1, 0.15) is 56.9 Å². The number of hydrogen-bond acceptors (Lipinski definition) is 2. The number of nitrogens with one attached hydrogen (secondary N) is 2. The molecule has 2 aliphatic rings. The summed E-state index contributed by atoms with van der Waals surface area (Å²) in [6.07, 6.45) is 10.4. The van der Waals surface area contributed by atoms with E-state index in [9.17, 15) is 4.79 Å². The van der Waals surface area contributed by atoms with E-state index in [1.807, 2.05) is 30.3 Å². The molecule has 2 amide bonds. The Hall–Kier alpha value is -1.55. The van der Waals surface area contributed by atoms with Crippen LogP contribution in [-0.4, -0.2) is 36.1 Å². The summed E-state index contributed by atoms with van der Waals surface area (Å²) < 4.78 is 0. The molecule has 1 aliphatic heterocycles. The van der Waals surface area contributed by atoms with Crippen LogP contribution in [0.15, 0.2) is 30.3 Å². The van der Waals surface area contributed by atoms with Gasteiger partial charge in [0.1, 0.15) is 0 Å². The van der Waals surface area contributed by atoms with Gasteiger partial charge in [0, 0.05) is 18.6 Å². The van der Waals surface area contributed by atoms with Gasteiger partial charge < -0.3 is 10.6 Å². The van der Waals surface area contributed by atoms with Gasteiger partial charge in [-0.05, 0) is 44.3 Å². The van der Waals surface area contributed by atoms with E-state index in [2.05, 4.69) is 15.5 Å². The lowest BCUT2D eigenvalue weighted by molar-refractivity contribution is 0.0354. The molecule has 24 heavy (non-hydrogen) atoms. The van der Waals surface area contributed by atoms with Gasteiger partial charge in [0.25, 0.3) is 0 Å². The molecular weight excluding hydrogens is 298 g/mol. The fraction of sp³-hybridized carbons (Fsp3) is 0.650. The van der Waals surface area contributed by atoms with Gasteiger partial charge in [0.2, 0.25) is 0 Å². The minimum Gasteiger partial charge on any atom is -0.336 e. The van der Waals surface area contributed by atoms with Gasteiger partial charge in [0.05, 0.1) is 0 Å². The molecule has 0 aromatic heterocycles. The highest BCUT2D eigenvalue weighted by Gasteiger charge is 2.38. The van der Waals surface area contributed by atoms with E-state index in [0.717, 1.165) is 12.1 Å². The Kier molecular flexibility index (Phi) is 6.13. The van der Waals surface area contributed by atoms with Gasteiger partial charge in [-0.2, -0.15) is 0 Å². The van der Waals surface area contributed by atoms with E-state index in [1.54, 1.807) is 0 Å². The van der Waals surface area contributed by atoms with Crippen molar-refractivity contribution in [2.75, 3.05) is 19.6 Å². The van der Waals surface area contributed by atoms with Gasteiger partial charge in [-0.1, -0.05) is 56.0 Å². The van der Waals surface area contributed by atoms with E-state index in [4.69, 9.17) is 0 Å². The second-order valence-electron chi connectivity index (χ2n) is 7.35. The van der Waals surface area contributed by atoms with Crippen molar-refractivity contribution in [1.82, 2.24) is 15.5 Å². The number of hydrogen-bond donors (Lipinski definition) is 2. The highest BCUT2D eigenvalue weighted by molar-refractivity contribution is 5.73. The Balaban J connectivity index is 1.52. The maximum absolute atomic E-state index is 12.2. The summed E-state index contributed by atoms with van der Waals surface area (Å²) in [5, 5.41) is 6.16. The van der Waals surface area contributed by atoms with Crippen LogP contribution in [0.2, 0.25) is 0 Å². The summed E-state index contributed by atoms with van der Waals surface area (Å²) in [5.74, 6) is 0. The van der Waals surface area contributed by atoms with Crippen molar-refractivity contribution in [3.05, 3.63) is 35.9 Å². The molecule has 4 nitrogen and oxygen atoms in total. The average molecular weight is 329 g/mol. The zero-order chi connectivity index (χ0) is 16.7. The predicted molar refractivity (Wildman–Crippen MR) is 97.9 cm³/mol. The lowest BCUT2D eigenvalue weighted by Crippen LogP contribution is -2.58. The minimum absolute atomic E-state index is 0.0409. The normalized spacial score (nSPS) is 21.2. The van der Waals surface area contributed by atoms with E-state index in [1.165, 1.54) is 64.5 Å². The summed E-state index contributed by atoms with van der Waals surface area (Å²) in [7, 11) is 0. The Labute approximate surface area is 146 Å². The number of urea groups is 1. The number of piperidine rings is 1. The van der Waals surface area contributed by atoms with Gasteiger partial charge in [-0.15, -0.1) is 0 Å². The monoisotopic (exact) mass is 329 g/mol. The zero-order valence-corrected chi connectivity index (χ0v) is 14.7. The van der Waals surface area contributed by atoms with E-state index >= 15 is 0 Å². The van der Waals surface area contributed by atoms with Crippen molar-refractivity contribution in [3.8, 4) is 0 Å². The lowest BCUT2D eigenvalue weighted by Gasteiger charge is -2.48. The van der Waals surface area contributed by atoms with Crippen LogP contribution in [0.25, 0.3) is 0 Å². The molecule has 1 aromatic rings. The highest BCUT2D eigenvalue weighted by atomic mass is 16.2. The topological polar surface area (TPSA) is 44.4 Å². The maximum atomic E-state index is 12.2. The zero-order valence-electron chi connectivity index (χ0n) is 14.7. The molecule has 0 spiro atoms. The third-order valence-electron chi connectivity index (χ3n) is 5.69. The molecule has 0 unspecified atom stereocenters. The van der Waals surface area contributed by atoms with Crippen LogP contribution in [0.3, 0.4) is 0 Å². The third-order valence-corrected chi connectivity index (χ3v) is 5.69. The smallest absolute Gasteiger partial charge is 0.315 e. The molecular formula is C20H31N3O. The summed E-state index contributed by atoms with van der Waals surface area (Å²) in [6, 6.07) is 10.0. The van der Waals surface area contributed by atoms with Crippen molar-refractivity contribution in [2.24, 2.45) is 0 Å². The first-order chi connectivity index (χ1) is 11.8. The number of benzene rings is 1. The average Bonchev–Trinajstić information content (AvgIpc) is 2.67. The predicted octanol–water partition coefficient (Wildman–Crippen LogP) is 3.67. The van der Waals surface area contributed by atoms with Gasteiger partial charge in [-0.3, -0.25) is 4.90 Å². The molecule has 3 rings (SSSR count). The number of rotatable bonds is 5. The maximum Gasteiger partial charge on any atom is 0.315 e. The fourth-order valence-electron chi connectivity index (χ4n) is 4.27. The van der Waals surface area contributed by atoms with Crippen LogP contribution in [0.4, 0.5) is 4.79 Å². The van der Waals surface area contributed by atoms with E-state index in [-0.39, 0.29) is 11.6 Å². The number of amides is 2. The Morgan fingerprint density at radius 2 is 1.58 bits per heavy atom. The molecule has 0 radical (unpaired) electrons. The van der Waals surface area contributed by atoms with Crippen LogP contribution in [0.5, 0.6) is 0 Å². The molecule has 2 fully saturated rings. The Morgan fingerprint density at radius 1 is 0.917 bits per heavy atom. The molecule has 0 bridgehead atoms. The number of carbonyl (C=O) groups is 1. The first-order valence-corrected chi connectivity index (χ1v) is 9.59. The molecule has 1 aliphatic carbocycles. The van der Waals surface area contributed by atoms with Crippen LogP contribution >= 0.6 is 0 Å². The molecule has 1 aromatic carbocycles. The molecule has 4 heteroatoms. The highest BCUT2D eigenvalue weighted by Crippen LogP contribution is 2.35. The van der Waals surface area contributed by atoms with Gasteiger partial charge >= 0.3 is 6.03 Å². The third kappa shape index (κ3) is 4.50. The Bertz CT molecular complexity index is 505. The Morgan fingerprint density at radius 3 is 2.29 bits per heavy atom. The van der Waals surface area contributed by atoms with Crippen molar-refractivity contribution >= 4 is 6.03 Å². The molecule has 1 heterocycles. The first-order valence-electron chi connectivity index (χ1n) is 9.59. The lowest BCUT2D eigenvalue weighted by atomic mass is 9.79. The number of likely N-dealkylation sites (tertiary alicyclic amines) is 1. The van der Waals surface area contributed by atoms with Gasteiger partial charge in [-0.25, -0.2) is 4.79 Å². The van der Waals surface area contributed by atoms with Crippen molar-refractivity contribution in [2.45, 2.75) is 63.5 Å². The summed E-state index contributed by atoms with van der Waals surface area (Å²) >= 11 is 0.